The van der Waals surface area contributed by atoms with Crippen LogP contribution in [0, 0.1) is 0 Å². The Morgan fingerprint density at radius 1 is 1.23 bits per heavy atom. The topological polar surface area (TPSA) is 37.4 Å². The molecule has 2 heterocycles. The van der Waals surface area contributed by atoms with E-state index in [9.17, 15) is 9.59 Å². The summed E-state index contributed by atoms with van der Waals surface area (Å²) in [5, 5.41) is 0. The van der Waals surface area contributed by atoms with Crippen molar-refractivity contribution in [3.63, 3.8) is 0 Å². The Bertz CT molecular complexity index is 227. The molecule has 2 rings (SSSR count). The van der Waals surface area contributed by atoms with Gasteiger partial charge in [-0.2, -0.15) is 0 Å². The molecule has 1 unspecified atom stereocenters. The highest BCUT2D eigenvalue weighted by atomic mass is 16.2. The predicted molar refractivity (Wildman–Crippen MR) is 48.2 cm³/mol. The van der Waals surface area contributed by atoms with Gasteiger partial charge in [-0.15, -0.1) is 0 Å². The summed E-state index contributed by atoms with van der Waals surface area (Å²) in [6, 6.07) is 0.251. The number of rotatable bonds is 1. The van der Waals surface area contributed by atoms with Crippen LogP contribution in [0.1, 0.15) is 38.5 Å². The number of aldehydes is 1. The molecule has 0 saturated carbocycles. The van der Waals surface area contributed by atoms with Crippen molar-refractivity contribution >= 4 is 12.2 Å². The normalized spacial score (nSPS) is 34.2. The highest BCUT2D eigenvalue weighted by Crippen LogP contribution is 2.30. The third kappa shape index (κ3) is 1.47. The molecule has 2 aliphatic heterocycles. The Morgan fingerprint density at radius 2 is 2.08 bits per heavy atom. The van der Waals surface area contributed by atoms with E-state index in [0.29, 0.717) is 12.5 Å². The fraction of sp³-hybridized carbons (Fsp3) is 0.800. The van der Waals surface area contributed by atoms with Crippen molar-refractivity contribution in [2.24, 2.45) is 0 Å². The van der Waals surface area contributed by atoms with Crippen LogP contribution in [-0.2, 0) is 9.59 Å². The van der Waals surface area contributed by atoms with Gasteiger partial charge in [0.05, 0.1) is 6.04 Å². The van der Waals surface area contributed by atoms with Crippen molar-refractivity contribution in [2.45, 2.75) is 50.6 Å². The van der Waals surface area contributed by atoms with E-state index >= 15 is 0 Å². The molecule has 3 nitrogen and oxygen atoms in total. The van der Waals surface area contributed by atoms with Gasteiger partial charge in [-0.3, -0.25) is 4.79 Å². The highest BCUT2D eigenvalue weighted by molar-refractivity contribution is 5.81. The number of hydrogen-bond acceptors (Lipinski definition) is 2. The van der Waals surface area contributed by atoms with E-state index in [-0.39, 0.29) is 11.9 Å². The Kier molecular flexibility index (Phi) is 2.34. The quantitative estimate of drug-likeness (QED) is 0.568. The maximum atomic E-state index is 11.6. The lowest BCUT2D eigenvalue weighted by molar-refractivity contribution is -0.135. The molecule has 13 heavy (non-hydrogen) atoms. The Morgan fingerprint density at radius 3 is 2.85 bits per heavy atom. The van der Waals surface area contributed by atoms with E-state index < -0.39 is 0 Å². The summed E-state index contributed by atoms with van der Waals surface area (Å²) >= 11 is 0. The van der Waals surface area contributed by atoms with E-state index in [1.54, 1.807) is 0 Å². The maximum absolute atomic E-state index is 11.6. The van der Waals surface area contributed by atoms with Crippen LogP contribution in [0.3, 0.4) is 0 Å². The second-order valence-corrected chi connectivity index (χ2v) is 3.98. The molecule has 0 aromatic heterocycles. The molecule has 2 fully saturated rings. The first kappa shape index (κ1) is 8.73. The molecule has 0 spiro atoms. The van der Waals surface area contributed by atoms with Crippen molar-refractivity contribution in [1.82, 2.24) is 4.90 Å². The second-order valence-electron chi connectivity index (χ2n) is 3.98. The smallest absolute Gasteiger partial charge is 0.223 e. The molecule has 0 radical (unpaired) electrons. The molecule has 1 amide bonds. The minimum Gasteiger partial charge on any atom is -0.330 e. The zero-order valence-corrected chi connectivity index (χ0v) is 7.74. The average Bonchev–Trinajstić information content (AvgIpc) is 2.47. The molecule has 72 valence electrons. The van der Waals surface area contributed by atoms with Crippen LogP contribution >= 0.6 is 0 Å². The standard InChI is InChI=1S/C10H15NO2/c12-7-9-6-5-8-3-1-2-4-10(13)11(8)9/h7-9H,1-6H2/t8?,9-/m0/s1. The molecule has 2 aliphatic rings. The van der Waals surface area contributed by atoms with Crippen LogP contribution in [0.4, 0.5) is 0 Å². The van der Waals surface area contributed by atoms with Crippen LogP contribution < -0.4 is 0 Å². The number of carbonyl (C=O) groups is 2. The van der Waals surface area contributed by atoms with Crippen LogP contribution in [0.15, 0.2) is 0 Å². The van der Waals surface area contributed by atoms with E-state index in [1.165, 1.54) is 0 Å². The first-order valence-electron chi connectivity index (χ1n) is 5.09. The van der Waals surface area contributed by atoms with Crippen molar-refractivity contribution in [3.8, 4) is 0 Å². The highest BCUT2D eigenvalue weighted by Gasteiger charge is 2.37. The van der Waals surface area contributed by atoms with Gasteiger partial charge < -0.3 is 9.69 Å². The SMILES string of the molecule is O=C[C@@H]1CCC2CCCCC(=O)N21. The van der Waals surface area contributed by atoms with Crippen LogP contribution in [-0.4, -0.2) is 29.2 Å². The Hall–Kier alpha value is -0.860. The molecular formula is C10H15NO2. The number of fused-ring (bicyclic) bond motifs is 1. The summed E-state index contributed by atoms with van der Waals surface area (Å²) in [5.74, 6) is 0.192. The largest absolute Gasteiger partial charge is 0.330 e. The first-order valence-corrected chi connectivity index (χ1v) is 5.09. The fourth-order valence-corrected chi connectivity index (χ4v) is 2.50. The molecule has 0 bridgehead atoms. The number of carbonyl (C=O) groups excluding carboxylic acids is 2. The van der Waals surface area contributed by atoms with Crippen molar-refractivity contribution < 1.29 is 9.59 Å². The third-order valence-electron chi connectivity index (χ3n) is 3.17. The summed E-state index contributed by atoms with van der Waals surface area (Å²) in [6.07, 6.45) is 6.70. The Labute approximate surface area is 78.1 Å². The van der Waals surface area contributed by atoms with E-state index in [1.807, 2.05) is 4.90 Å². The second kappa shape index (κ2) is 3.48. The van der Waals surface area contributed by atoms with Crippen molar-refractivity contribution in [1.29, 1.82) is 0 Å². The summed E-state index contributed by atoms with van der Waals surface area (Å²) < 4.78 is 0. The van der Waals surface area contributed by atoms with Crippen molar-refractivity contribution in [3.05, 3.63) is 0 Å². The lowest BCUT2D eigenvalue weighted by Crippen LogP contribution is -2.40. The van der Waals surface area contributed by atoms with E-state index in [2.05, 4.69) is 0 Å². The van der Waals surface area contributed by atoms with Crippen LogP contribution in [0.5, 0.6) is 0 Å². The van der Waals surface area contributed by atoms with E-state index in [4.69, 9.17) is 0 Å². The fourth-order valence-electron chi connectivity index (χ4n) is 2.50. The Balaban J connectivity index is 2.17. The molecule has 2 atom stereocenters. The van der Waals surface area contributed by atoms with Gasteiger partial charge in [-0.1, -0.05) is 6.42 Å². The summed E-state index contributed by atoms with van der Waals surface area (Å²) in [7, 11) is 0. The zero-order valence-electron chi connectivity index (χ0n) is 7.74. The average molecular weight is 181 g/mol. The third-order valence-corrected chi connectivity index (χ3v) is 3.17. The molecule has 0 aliphatic carbocycles. The van der Waals surface area contributed by atoms with E-state index in [0.717, 1.165) is 38.4 Å². The molecule has 0 aromatic rings. The molecule has 3 heteroatoms. The van der Waals surface area contributed by atoms with Gasteiger partial charge in [0.1, 0.15) is 6.29 Å². The van der Waals surface area contributed by atoms with Gasteiger partial charge in [0, 0.05) is 12.5 Å². The number of hydrogen-bond donors (Lipinski definition) is 0. The number of nitrogens with zero attached hydrogens (tertiary/aromatic N) is 1. The van der Waals surface area contributed by atoms with Gasteiger partial charge in [0.15, 0.2) is 0 Å². The van der Waals surface area contributed by atoms with Crippen LogP contribution in [0.2, 0.25) is 0 Å². The first-order chi connectivity index (χ1) is 6.33. The lowest BCUT2D eigenvalue weighted by atomic mass is 10.1. The molecule has 0 N–H and O–H groups in total. The van der Waals surface area contributed by atoms with Gasteiger partial charge in [0.25, 0.3) is 0 Å². The van der Waals surface area contributed by atoms with Gasteiger partial charge in [-0.25, -0.2) is 0 Å². The molecule has 0 aromatic carbocycles. The molecule has 2 saturated heterocycles. The predicted octanol–water partition coefficient (Wildman–Crippen LogP) is 1.12. The maximum Gasteiger partial charge on any atom is 0.223 e. The summed E-state index contributed by atoms with van der Waals surface area (Å²) in [6.45, 7) is 0. The van der Waals surface area contributed by atoms with Gasteiger partial charge in [0.2, 0.25) is 5.91 Å². The summed E-state index contributed by atoms with van der Waals surface area (Å²) in [5.41, 5.74) is 0. The monoisotopic (exact) mass is 181 g/mol. The van der Waals surface area contributed by atoms with Gasteiger partial charge in [-0.05, 0) is 25.7 Å². The van der Waals surface area contributed by atoms with Gasteiger partial charge >= 0.3 is 0 Å². The van der Waals surface area contributed by atoms with Crippen molar-refractivity contribution in [2.75, 3.05) is 0 Å². The van der Waals surface area contributed by atoms with Crippen LogP contribution in [0.25, 0.3) is 0 Å². The molecular weight excluding hydrogens is 166 g/mol. The minimum atomic E-state index is -0.115. The summed E-state index contributed by atoms with van der Waals surface area (Å²) in [4.78, 5) is 24.2. The number of amides is 1. The lowest BCUT2D eigenvalue weighted by Gasteiger charge is -2.25. The zero-order chi connectivity index (χ0) is 9.26. The minimum absolute atomic E-state index is 0.115.